The predicted molar refractivity (Wildman–Crippen MR) is 73.4 cm³/mol. The molecule has 0 bridgehead atoms. The van der Waals surface area contributed by atoms with Crippen molar-refractivity contribution in [3.8, 4) is 6.07 Å². The molecule has 0 aliphatic heterocycles. The minimum absolute atomic E-state index is 0.262. The lowest BCUT2D eigenvalue weighted by Crippen LogP contribution is -2.34. The lowest BCUT2D eigenvalue weighted by molar-refractivity contribution is 0.0508. The van der Waals surface area contributed by atoms with Gasteiger partial charge in [0.05, 0.1) is 11.6 Å². The van der Waals surface area contributed by atoms with E-state index in [9.17, 15) is 4.79 Å². The van der Waals surface area contributed by atoms with E-state index < -0.39 is 11.7 Å². The Morgan fingerprint density at radius 2 is 2.11 bits per heavy atom. The van der Waals surface area contributed by atoms with Crippen LogP contribution in [-0.2, 0) is 4.74 Å². The van der Waals surface area contributed by atoms with Crippen LogP contribution in [0.15, 0.2) is 18.2 Å². The third-order valence-electron chi connectivity index (χ3n) is 2.43. The van der Waals surface area contributed by atoms with Gasteiger partial charge in [-0.1, -0.05) is 6.07 Å². The summed E-state index contributed by atoms with van der Waals surface area (Å²) in [6.07, 6.45) is -0.490. The molecule has 0 saturated carbocycles. The number of nitrogen functional groups attached to an aromatic ring is 1. The van der Waals surface area contributed by atoms with Gasteiger partial charge in [0.15, 0.2) is 0 Å². The first-order valence-corrected chi connectivity index (χ1v) is 6.02. The van der Waals surface area contributed by atoms with Crippen molar-refractivity contribution in [1.82, 2.24) is 5.32 Å². The van der Waals surface area contributed by atoms with Crippen LogP contribution in [0.1, 0.15) is 44.9 Å². The van der Waals surface area contributed by atoms with E-state index in [2.05, 4.69) is 5.32 Å². The van der Waals surface area contributed by atoms with Crippen molar-refractivity contribution in [2.75, 3.05) is 5.73 Å². The average molecular weight is 261 g/mol. The summed E-state index contributed by atoms with van der Waals surface area (Å²) in [5.74, 6) is 0. The van der Waals surface area contributed by atoms with E-state index in [1.807, 2.05) is 13.0 Å². The fourth-order valence-corrected chi connectivity index (χ4v) is 1.51. The Morgan fingerprint density at radius 1 is 1.47 bits per heavy atom. The van der Waals surface area contributed by atoms with Crippen LogP contribution < -0.4 is 11.1 Å². The Bertz CT molecular complexity index is 512. The van der Waals surface area contributed by atoms with Crippen LogP contribution in [0.2, 0.25) is 0 Å². The lowest BCUT2D eigenvalue weighted by Gasteiger charge is -2.22. The summed E-state index contributed by atoms with van der Waals surface area (Å²) in [7, 11) is 0. The molecule has 19 heavy (non-hydrogen) atoms. The monoisotopic (exact) mass is 261 g/mol. The zero-order chi connectivity index (χ0) is 14.6. The third kappa shape index (κ3) is 4.51. The van der Waals surface area contributed by atoms with Gasteiger partial charge < -0.3 is 15.8 Å². The number of nitrogens with zero attached hydrogens (tertiary/aromatic N) is 1. The predicted octanol–water partition coefficient (Wildman–Crippen LogP) is 2.73. The van der Waals surface area contributed by atoms with Gasteiger partial charge >= 0.3 is 6.09 Å². The van der Waals surface area contributed by atoms with Crippen LogP contribution in [0.25, 0.3) is 0 Å². The molecule has 1 atom stereocenters. The first-order chi connectivity index (χ1) is 8.73. The van der Waals surface area contributed by atoms with Gasteiger partial charge in [-0.2, -0.15) is 5.26 Å². The highest BCUT2D eigenvalue weighted by atomic mass is 16.6. The van der Waals surface area contributed by atoms with Crippen LogP contribution in [0.3, 0.4) is 0 Å². The second-order valence-corrected chi connectivity index (χ2v) is 5.33. The smallest absolute Gasteiger partial charge is 0.408 e. The Balaban J connectivity index is 2.76. The van der Waals surface area contributed by atoms with Crippen LogP contribution in [0.4, 0.5) is 10.5 Å². The Hall–Kier alpha value is -2.22. The molecular formula is C14H19N3O2. The van der Waals surface area contributed by atoms with Crippen LogP contribution in [-0.4, -0.2) is 11.7 Å². The van der Waals surface area contributed by atoms with Gasteiger partial charge in [-0.15, -0.1) is 0 Å². The minimum Gasteiger partial charge on any atom is -0.444 e. The van der Waals surface area contributed by atoms with Crippen molar-refractivity contribution >= 4 is 11.8 Å². The van der Waals surface area contributed by atoms with Crippen molar-refractivity contribution in [2.45, 2.75) is 39.3 Å². The molecule has 1 aromatic carbocycles. The molecule has 102 valence electrons. The van der Waals surface area contributed by atoms with Crippen molar-refractivity contribution in [3.63, 3.8) is 0 Å². The number of rotatable bonds is 2. The lowest BCUT2D eigenvalue weighted by atomic mass is 10.0. The molecule has 0 radical (unpaired) electrons. The van der Waals surface area contributed by atoms with Crippen molar-refractivity contribution in [3.05, 3.63) is 29.3 Å². The molecule has 0 fully saturated rings. The highest BCUT2D eigenvalue weighted by Gasteiger charge is 2.18. The summed E-state index contributed by atoms with van der Waals surface area (Å²) in [6.45, 7) is 7.22. The maximum atomic E-state index is 11.6. The van der Waals surface area contributed by atoms with Gasteiger partial charge in [0.25, 0.3) is 0 Å². The maximum absolute atomic E-state index is 11.6. The highest BCUT2D eigenvalue weighted by Crippen LogP contribution is 2.19. The molecule has 5 nitrogen and oxygen atoms in total. The number of carbonyl (C=O) groups is 1. The molecule has 0 saturated heterocycles. The first kappa shape index (κ1) is 14.8. The van der Waals surface area contributed by atoms with Gasteiger partial charge in [0.1, 0.15) is 11.7 Å². The SMILES string of the molecule is CC(NC(=O)OC(C)(C)C)c1ccc(N)c(C#N)c1. The van der Waals surface area contributed by atoms with Gasteiger partial charge in [-0.3, -0.25) is 0 Å². The zero-order valence-electron chi connectivity index (χ0n) is 11.7. The molecule has 1 amide bonds. The van der Waals surface area contributed by atoms with E-state index in [1.54, 1.807) is 39.0 Å². The molecule has 1 rings (SSSR count). The number of nitriles is 1. The number of amides is 1. The number of benzene rings is 1. The van der Waals surface area contributed by atoms with Crippen LogP contribution in [0, 0.1) is 11.3 Å². The second kappa shape index (κ2) is 5.61. The van der Waals surface area contributed by atoms with E-state index >= 15 is 0 Å². The normalized spacial score (nSPS) is 12.4. The highest BCUT2D eigenvalue weighted by molar-refractivity contribution is 5.68. The second-order valence-electron chi connectivity index (χ2n) is 5.33. The number of ether oxygens (including phenoxy) is 1. The summed E-state index contributed by atoms with van der Waals surface area (Å²) < 4.78 is 5.17. The van der Waals surface area contributed by atoms with Crippen LogP contribution in [0.5, 0.6) is 0 Å². The standard InChI is InChI=1S/C14H19N3O2/c1-9(17-13(18)19-14(2,3)4)10-5-6-12(16)11(7-10)8-15/h5-7,9H,16H2,1-4H3,(H,17,18). The van der Waals surface area contributed by atoms with E-state index in [-0.39, 0.29) is 6.04 Å². The summed E-state index contributed by atoms with van der Waals surface area (Å²) in [5.41, 5.74) is 6.74. The molecule has 0 aliphatic carbocycles. The Labute approximate surface area is 113 Å². The van der Waals surface area contributed by atoms with Gasteiger partial charge in [-0.25, -0.2) is 4.79 Å². The maximum Gasteiger partial charge on any atom is 0.408 e. The van der Waals surface area contributed by atoms with E-state index in [0.29, 0.717) is 11.3 Å². The quantitative estimate of drug-likeness (QED) is 0.801. The fourth-order valence-electron chi connectivity index (χ4n) is 1.51. The van der Waals surface area contributed by atoms with E-state index in [4.69, 9.17) is 15.7 Å². The Kier molecular flexibility index (Phi) is 4.38. The molecule has 5 heteroatoms. The van der Waals surface area contributed by atoms with E-state index in [0.717, 1.165) is 5.56 Å². The molecule has 0 heterocycles. The Morgan fingerprint density at radius 3 is 2.63 bits per heavy atom. The number of hydrogen-bond donors (Lipinski definition) is 2. The van der Waals surface area contributed by atoms with Crippen molar-refractivity contribution < 1.29 is 9.53 Å². The molecule has 3 N–H and O–H groups in total. The number of nitrogens with two attached hydrogens (primary N) is 1. The minimum atomic E-state index is -0.539. The van der Waals surface area contributed by atoms with Gasteiger partial charge in [0, 0.05) is 5.69 Å². The van der Waals surface area contributed by atoms with Crippen molar-refractivity contribution in [2.24, 2.45) is 0 Å². The number of anilines is 1. The number of nitrogens with one attached hydrogen (secondary N) is 1. The van der Waals surface area contributed by atoms with Crippen molar-refractivity contribution in [1.29, 1.82) is 5.26 Å². The van der Waals surface area contributed by atoms with Gasteiger partial charge in [0.2, 0.25) is 0 Å². The third-order valence-corrected chi connectivity index (χ3v) is 2.43. The summed E-state index contributed by atoms with van der Waals surface area (Å²) in [6, 6.07) is 6.85. The number of alkyl carbamates (subject to hydrolysis) is 1. The number of hydrogen-bond acceptors (Lipinski definition) is 4. The molecule has 0 aromatic heterocycles. The van der Waals surface area contributed by atoms with Crippen LogP contribution >= 0.6 is 0 Å². The summed E-state index contributed by atoms with van der Waals surface area (Å²) >= 11 is 0. The largest absolute Gasteiger partial charge is 0.444 e. The topological polar surface area (TPSA) is 88.1 Å². The fraction of sp³-hybridized carbons (Fsp3) is 0.429. The molecule has 1 aromatic rings. The molecule has 1 unspecified atom stereocenters. The molecular weight excluding hydrogens is 242 g/mol. The van der Waals surface area contributed by atoms with Gasteiger partial charge in [-0.05, 0) is 45.4 Å². The first-order valence-electron chi connectivity index (χ1n) is 6.02. The van der Waals surface area contributed by atoms with E-state index in [1.165, 1.54) is 0 Å². The zero-order valence-corrected chi connectivity index (χ0v) is 11.7. The summed E-state index contributed by atoms with van der Waals surface area (Å²) in [4.78, 5) is 11.6. The average Bonchev–Trinajstić information content (AvgIpc) is 2.26. The number of carbonyl (C=O) groups excluding carboxylic acids is 1. The molecule has 0 aliphatic rings. The summed E-state index contributed by atoms with van der Waals surface area (Å²) in [5, 5.41) is 11.6. The molecule has 0 spiro atoms.